The minimum atomic E-state index is -0.707. The second-order valence-electron chi connectivity index (χ2n) is 7.77. The predicted molar refractivity (Wildman–Crippen MR) is 99.4 cm³/mol. The highest BCUT2D eigenvalue weighted by Crippen LogP contribution is 2.79. The third kappa shape index (κ3) is 1.22. The second kappa shape index (κ2) is 4.21. The van der Waals surface area contributed by atoms with E-state index in [1.54, 1.807) is 12.1 Å². The molecule has 1 spiro atoms. The fourth-order valence-electron chi connectivity index (χ4n) is 5.86. The van der Waals surface area contributed by atoms with Crippen LogP contribution in [-0.4, -0.2) is 11.6 Å². The van der Waals surface area contributed by atoms with Gasteiger partial charge in [-0.25, -0.2) is 0 Å². The van der Waals surface area contributed by atoms with Gasteiger partial charge >= 0.3 is 0 Å². The van der Waals surface area contributed by atoms with Gasteiger partial charge in [0.2, 0.25) is 0 Å². The summed E-state index contributed by atoms with van der Waals surface area (Å²) in [6.07, 6.45) is 0. The molecule has 3 aromatic carbocycles. The molecule has 1 saturated carbocycles. The zero-order chi connectivity index (χ0) is 17.7. The first kappa shape index (κ1) is 14.2. The Morgan fingerprint density at radius 1 is 0.654 bits per heavy atom. The summed E-state index contributed by atoms with van der Waals surface area (Å²) in [5.41, 5.74) is 4.49. The highest BCUT2D eigenvalue weighted by molar-refractivity contribution is 6.24. The van der Waals surface area contributed by atoms with Gasteiger partial charge in [-0.3, -0.25) is 9.59 Å². The Bertz CT molecular complexity index is 1110. The molecule has 2 heteroatoms. The lowest BCUT2D eigenvalue weighted by molar-refractivity contribution is 0.0822. The van der Waals surface area contributed by atoms with Gasteiger partial charge in [0, 0.05) is 16.5 Å². The van der Waals surface area contributed by atoms with Gasteiger partial charge in [0.1, 0.15) is 0 Å². The van der Waals surface area contributed by atoms with E-state index >= 15 is 0 Å². The fraction of sp³-hybridized carbons (Fsp3) is 0.167. The van der Waals surface area contributed by atoms with Gasteiger partial charge in [-0.15, -0.1) is 0 Å². The van der Waals surface area contributed by atoms with Crippen LogP contribution in [0.1, 0.15) is 38.8 Å². The van der Waals surface area contributed by atoms with Crippen LogP contribution in [0.2, 0.25) is 0 Å². The maximum atomic E-state index is 13.6. The summed E-state index contributed by atoms with van der Waals surface area (Å²) in [5.74, 6) is -0.111. The fourth-order valence-corrected chi connectivity index (χ4v) is 5.86. The first-order valence-corrected chi connectivity index (χ1v) is 9.01. The van der Waals surface area contributed by atoms with Crippen LogP contribution in [0.5, 0.6) is 0 Å². The van der Waals surface area contributed by atoms with E-state index in [1.807, 2.05) is 43.3 Å². The summed E-state index contributed by atoms with van der Waals surface area (Å²) in [6, 6.07) is 23.8. The molecule has 0 N–H and O–H groups in total. The lowest BCUT2D eigenvalue weighted by Crippen LogP contribution is -2.28. The van der Waals surface area contributed by atoms with Gasteiger partial charge in [0.05, 0.1) is 11.3 Å². The standard InChI is InChI=1S/C24H16O2/c1-23-21(20(25)16-10-2-3-11-17(16)22(23)26)24(23)18-12-6-4-8-14(18)15-9-5-7-13-19(15)24/h2-13,21H,1H3/t21-,23-/m1/s1. The van der Waals surface area contributed by atoms with Crippen molar-refractivity contribution in [3.8, 4) is 11.1 Å². The van der Waals surface area contributed by atoms with Crippen molar-refractivity contribution in [3.05, 3.63) is 95.1 Å². The summed E-state index contributed by atoms with van der Waals surface area (Å²) in [7, 11) is 0. The molecular weight excluding hydrogens is 320 g/mol. The van der Waals surface area contributed by atoms with Crippen LogP contribution in [0.3, 0.4) is 0 Å². The van der Waals surface area contributed by atoms with Crippen LogP contribution < -0.4 is 0 Å². The van der Waals surface area contributed by atoms with Gasteiger partial charge in [0.25, 0.3) is 0 Å². The number of rotatable bonds is 0. The number of Topliss-reactive ketones (excluding diaryl/α,β-unsaturated/α-hetero) is 2. The summed E-state index contributed by atoms with van der Waals surface area (Å²) in [4.78, 5) is 27.0. The average molecular weight is 336 g/mol. The molecule has 3 aliphatic rings. The second-order valence-corrected chi connectivity index (χ2v) is 7.77. The molecule has 6 rings (SSSR count). The van der Waals surface area contributed by atoms with Crippen LogP contribution >= 0.6 is 0 Å². The highest BCUT2D eigenvalue weighted by Gasteiger charge is 2.84. The zero-order valence-corrected chi connectivity index (χ0v) is 14.3. The summed E-state index contributed by atoms with van der Waals surface area (Å²) < 4.78 is 0. The molecule has 0 unspecified atom stereocenters. The zero-order valence-electron chi connectivity index (χ0n) is 14.3. The van der Waals surface area contributed by atoms with Crippen LogP contribution in [-0.2, 0) is 5.41 Å². The van der Waals surface area contributed by atoms with Gasteiger partial charge in [-0.1, -0.05) is 79.7 Å². The van der Waals surface area contributed by atoms with E-state index in [0.717, 1.165) is 22.3 Å². The van der Waals surface area contributed by atoms with Crippen molar-refractivity contribution in [2.45, 2.75) is 12.3 Å². The normalized spacial score (nSPS) is 26.1. The number of ketones is 2. The lowest BCUT2D eigenvalue weighted by atomic mass is 9.79. The van der Waals surface area contributed by atoms with E-state index < -0.39 is 10.8 Å². The predicted octanol–water partition coefficient (Wildman–Crippen LogP) is 4.67. The molecule has 0 amide bonds. The summed E-state index contributed by atoms with van der Waals surface area (Å²) in [6.45, 7) is 1.99. The molecule has 3 aliphatic carbocycles. The van der Waals surface area contributed by atoms with Crippen molar-refractivity contribution < 1.29 is 9.59 Å². The molecule has 3 aromatic rings. The molecule has 1 fully saturated rings. The monoisotopic (exact) mass is 336 g/mol. The Morgan fingerprint density at radius 3 is 1.69 bits per heavy atom. The molecule has 2 nitrogen and oxygen atoms in total. The molecule has 0 bridgehead atoms. The topological polar surface area (TPSA) is 34.1 Å². The number of carbonyl (C=O) groups is 2. The van der Waals surface area contributed by atoms with E-state index in [9.17, 15) is 9.59 Å². The van der Waals surface area contributed by atoms with Gasteiger partial charge in [-0.05, 0) is 22.3 Å². The molecule has 0 radical (unpaired) electrons. The Kier molecular flexibility index (Phi) is 2.30. The van der Waals surface area contributed by atoms with E-state index in [2.05, 4.69) is 24.3 Å². The number of carbonyl (C=O) groups excluding carboxylic acids is 2. The van der Waals surface area contributed by atoms with Crippen molar-refractivity contribution in [2.24, 2.45) is 11.3 Å². The van der Waals surface area contributed by atoms with Crippen LogP contribution in [0.4, 0.5) is 0 Å². The SMILES string of the molecule is C[C@]12C(=O)c3ccccc3C(=O)[C@H]1C21c2ccccc2-c2ccccc21. The largest absolute Gasteiger partial charge is 0.294 e. The van der Waals surface area contributed by atoms with Crippen LogP contribution in [0.25, 0.3) is 11.1 Å². The highest BCUT2D eigenvalue weighted by atomic mass is 16.1. The molecule has 0 aliphatic heterocycles. The van der Waals surface area contributed by atoms with Crippen LogP contribution in [0.15, 0.2) is 72.8 Å². The van der Waals surface area contributed by atoms with Gasteiger partial charge in [0.15, 0.2) is 11.6 Å². The number of hydrogen-bond donors (Lipinski definition) is 0. The lowest BCUT2D eigenvalue weighted by Gasteiger charge is -2.20. The molecular formula is C24H16O2. The Labute approximate surface area is 151 Å². The number of benzene rings is 3. The van der Waals surface area contributed by atoms with Crippen molar-refractivity contribution >= 4 is 11.6 Å². The molecule has 0 heterocycles. The number of hydrogen-bond acceptors (Lipinski definition) is 2. The van der Waals surface area contributed by atoms with Gasteiger partial charge in [-0.2, -0.15) is 0 Å². The van der Waals surface area contributed by atoms with E-state index in [-0.39, 0.29) is 17.5 Å². The third-order valence-corrected chi connectivity index (χ3v) is 6.91. The maximum Gasteiger partial charge on any atom is 0.171 e. The van der Waals surface area contributed by atoms with Crippen molar-refractivity contribution in [3.63, 3.8) is 0 Å². The summed E-state index contributed by atoms with van der Waals surface area (Å²) >= 11 is 0. The molecule has 2 atom stereocenters. The molecule has 124 valence electrons. The van der Waals surface area contributed by atoms with Crippen molar-refractivity contribution in [1.82, 2.24) is 0 Å². The molecule has 0 saturated heterocycles. The smallest absolute Gasteiger partial charge is 0.171 e. The number of fused-ring (bicyclic) bond motifs is 9. The minimum Gasteiger partial charge on any atom is -0.294 e. The quantitative estimate of drug-likeness (QED) is 0.598. The van der Waals surface area contributed by atoms with E-state index in [4.69, 9.17) is 0 Å². The van der Waals surface area contributed by atoms with Crippen molar-refractivity contribution in [1.29, 1.82) is 0 Å². The Morgan fingerprint density at radius 2 is 1.12 bits per heavy atom. The first-order chi connectivity index (χ1) is 12.6. The molecule has 0 aromatic heterocycles. The minimum absolute atomic E-state index is 0.101. The Hall–Kier alpha value is -3.00. The summed E-state index contributed by atoms with van der Waals surface area (Å²) in [5, 5.41) is 0. The first-order valence-electron chi connectivity index (χ1n) is 9.01. The van der Waals surface area contributed by atoms with E-state index in [0.29, 0.717) is 11.1 Å². The molecule has 26 heavy (non-hydrogen) atoms. The maximum absolute atomic E-state index is 13.6. The van der Waals surface area contributed by atoms with E-state index in [1.165, 1.54) is 0 Å². The van der Waals surface area contributed by atoms with Crippen LogP contribution in [0, 0.1) is 11.3 Å². The van der Waals surface area contributed by atoms with Gasteiger partial charge < -0.3 is 0 Å². The Balaban J connectivity index is 1.72. The third-order valence-electron chi connectivity index (χ3n) is 6.91. The van der Waals surface area contributed by atoms with Crippen molar-refractivity contribution in [2.75, 3.05) is 0 Å². The average Bonchev–Trinajstić information content (AvgIpc) is 3.15.